The molecule has 0 amide bonds. The average molecular weight is 365 g/mol. The Morgan fingerprint density at radius 3 is 2.50 bits per heavy atom. The van der Waals surface area contributed by atoms with Crippen molar-refractivity contribution in [3.63, 3.8) is 0 Å². The van der Waals surface area contributed by atoms with Gasteiger partial charge in [-0.05, 0) is 42.5 Å². The van der Waals surface area contributed by atoms with Crippen molar-refractivity contribution >= 4 is 32.7 Å². The van der Waals surface area contributed by atoms with E-state index >= 15 is 0 Å². The van der Waals surface area contributed by atoms with Gasteiger partial charge < -0.3 is 0 Å². The first-order chi connectivity index (χ1) is 12.6. The van der Waals surface area contributed by atoms with Crippen molar-refractivity contribution in [2.45, 2.75) is 4.90 Å². The van der Waals surface area contributed by atoms with E-state index in [-0.39, 0.29) is 16.5 Å². The molecule has 0 radical (unpaired) electrons. The molecule has 0 atom stereocenters. The second-order valence-corrected chi connectivity index (χ2v) is 7.71. The van der Waals surface area contributed by atoms with E-state index in [0.717, 1.165) is 9.82 Å². The largest absolute Gasteiger partial charge is 0.276 e. The molecule has 0 N–H and O–H groups in total. The van der Waals surface area contributed by atoms with Crippen molar-refractivity contribution in [1.82, 2.24) is 9.55 Å². The van der Waals surface area contributed by atoms with Gasteiger partial charge in [-0.1, -0.05) is 30.3 Å². The zero-order chi connectivity index (χ0) is 17.9. The SMILES string of the molecule is O=S1(=O)c2ccccc2-n2c(nc3ccccc32)N1c1cccc(F)c1. The van der Waals surface area contributed by atoms with Crippen molar-refractivity contribution in [2.24, 2.45) is 0 Å². The lowest BCUT2D eigenvalue weighted by Gasteiger charge is -2.30. The van der Waals surface area contributed by atoms with Crippen molar-refractivity contribution in [3.05, 3.63) is 78.6 Å². The predicted octanol–water partition coefficient (Wildman–Crippen LogP) is 4.01. The highest BCUT2D eigenvalue weighted by Crippen LogP contribution is 2.42. The quantitative estimate of drug-likeness (QED) is 0.512. The van der Waals surface area contributed by atoms with Crippen molar-refractivity contribution in [2.75, 3.05) is 4.31 Å². The van der Waals surface area contributed by atoms with Gasteiger partial charge in [0, 0.05) is 0 Å². The third-order valence-corrected chi connectivity index (χ3v) is 6.15. The molecule has 5 nitrogen and oxygen atoms in total. The Labute approximate surface area is 149 Å². The van der Waals surface area contributed by atoms with Crippen LogP contribution in [0, 0.1) is 5.82 Å². The second kappa shape index (κ2) is 5.15. The molecule has 0 saturated carbocycles. The van der Waals surface area contributed by atoms with Crippen LogP contribution in [0.2, 0.25) is 0 Å². The highest BCUT2D eigenvalue weighted by molar-refractivity contribution is 7.93. The lowest BCUT2D eigenvalue weighted by molar-refractivity contribution is 0.592. The molecule has 128 valence electrons. The number of hydrogen-bond donors (Lipinski definition) is 0. The van der Waals surface area contributed by atoms with E-state index in [1.165, 1.54) is 18.2 Å². The minimum absolute atomic E-state index is 0.153. The maximum atomic E-state index is 13.8. The monoisotopic (exact) mass is 365 g/mol. The number of fused-ring (bicyclic) bond motifs is 5. The summed E-state index contributed by atoms with van der Waals surface area (Å²) in [6.07, 6.45) is 0. The zero-order valence-corrected chi connectivity index (χ0v) is 14.2. The van der Waals surface area contributed by atoms with Crippen molar-refractivity contribution < 1.29 is 12.8 Å². The lowest BCUT2D eigenvalue weighted by atomic mass is 10.2. The van der Waals surface area contributed by atoms with Crippen LogP contribution in [0.4, 0.5) is 16.0 Å². The minimum atomic E-state index is -3.93. The maximum Gasteiger partial charge on any atom is 0.273 e. The summed E-state index contributed by atoms with van der Waals surface area (Å²) in [6.45, 7) is 0. The molecule has 0 saturated heterocycles. The summed E-state index contributed by atoms with van der Waals surface area (Å²) in [7, 11) is -3.93. The highest BCUT2D eigenvalue weighted by Gasteiger charge is 2.38. The van der Waals surface area contributed by atoms with Gasteiger partial charge in [-0.2, -0.15) is 0 Å². The molecule has 26 heavy (non-hydrogen) atoms. The fourth-order valence-electron chi connectivity index (χ4n) is 3.31. The summed E-state index contributed by atoms with van der Waals surface area (Å²) < 4.78 is 43.3. The van der Waals surface area contributed by atoms with E-state index in [4.69, 9.17) is 0 Å². The van der Waals surface area contributed by atoms with E-state index < -0.39 is 15.8 Å². The molecule has 0 bridgehead atoms. The summed E-state index contributed by atoms with van der Waals surface area (Å²) >= 11 is 0. The Kier molecular flexibility index (Phi) is 2.99. The first kappa shape index (κ1) is 15.1. The summed E-state index contributed by atoms with van der Waals surface area (Å²) in [5, 5.41) is 0. The Hall–Kier alpha value is -3.19. The van der Waals surface area contributed by atoms with Crippen LogP contribution >= 0.6 is 0 Å². The van der Waals surface area contributed by atoms with Gasteiger partial charge >= 0.3 is 0 Å². The smallest absolute Gasteiger partial charge is 0.273 e. The Morgan fingerprint density at radius 1 is 0.885 bits per heavy atom. The predicted molar refractivity (Wildman–Crippen MR) is 96.8 cm³/mol. The molecule has 1 aromatic heterocycles. The number of para-hydroxylation sites is 3. The fourth-order valence-corrected chi connectivity index (χ4v) is 4.91. The number of halogens is 1. The van der Waals surface area contributed by atoms with Crippen LogP contribution in [0.3, 0.4) is 0 Å². The van der Waals surface area contributed by atoms with Gasteiger partial charge in [0.15, 0.2) is 0 Å². The van der Waals surface area contributed by atoms with Gasteiger partial charge in [-0.25, -0.2) is 22.1 Å². The first-order valence-corrected chi connectivity index (χ1v) is 9.39. The summed E-state index contributed by atoms with van der Waals surface area (Å²) in [5.41, 5.74) is 2.18. The standard InChI is InChI=1S/C19H12FN3O2S/c20-13-6-5-7-14(12-13)23-19-21-15-8-1-2-9-16(15)22(19)17-10-3-4-11-18(17)26(23,24)25/h1-12H. The molecule has 0 spiro atoms. The van der Waals surface area contributed by atoms with Crippen LogP contribution in [-0.2, 0) is 10.0 Å². The number of anilines is 2. The van der Waals surface area contributed by atoms with Crippen molar-refractivity contribution in [3.8, 4) is 5.69 Å². The van der Waals surface area contributed by atoms with Crippen LogP contribution in [0.1, 0.15) is 0 Å². The minimum Gasteiger partial charge on any atom is -0.276 e. The molecule has 1 aliphatic heterocycles. The fraction of sp³-hybridized carbons (Fsp3) is 0. The number of aromatic nitrogens is 2. The van der Waals surface area contributed by atoms with Crippen LogP contribution < -0.4 is 4.31 Å². The van der Waals surface area contributed by atoms with Gasteiger partial charge in [0.25, 0.3) is 10.0 Å². The highest BCUT2D eigenvalue weighted by atomic mass is 32.2. The molecule has 3 aromatic carbocycles. The summed E-state index contributed by atoms with van der Waals surface area (Å²) in [4.78, 5) is 4.68. The molecular formula is C19H12FN3O2S. The summed E-state index contributed by atoms with van der Waals surface area (Å²) in [6, 6.07) is 19.7. The number of nitrogens with zero attached hydrogens (tertiary/aromatic N) is 3. The Balaban J connectivity index is 1.94. The average Bonchev–Trinajstić information content (AvgIpc) is 3.00. The molecule has 5 rings (SSSR count). The topological polar surface area (TPSA) is 55.2 Å². The van der Waals surface area contributed by atoms with Gasteiger partial charge in [0.1, 0.15) is 10.7 Å². The van der Waals surface area contributed by atoms with E-state index in [0.29, 0.717) is 11.2 Å². The number of imidazole rings is 1. The summed E-state index contributed by atoms with van der Waals surface area (Å²) in [5.74, 6) is -0.297. The van der Waals surface area contributed by atoms with Crippen LogP contribution in [-0.4, -0.2) is 18.0 Å². The Bertz CT molecular complexity index is 1280. The maximum absolute atomic E-state index is 13.8. The van der Waals surface area contributed by atoms with E-state index in [9.17, 15) is 12.8 Å². The van der Waals surface area contributed by atoms with Crippen LogP contribution in [0.25, 0.3) is 16.7 Å². The normalized spacial score (nSPS) is 14.9. The molecule has 1 aliphatic rings. The lowest BCUT2D eigenvalue weighted by Crippen LogP contribution is -2.33. The first-order valence-electron chi connectivity index (χ1n) is 7.95. The Morgan fingerprint density at radius 2 is 1.65 bits per heavy atom. The third kappa shape index (κ3) is 1.94. The van der Waals surface area contributed by atoms with Gasteiger partial charge in [-0.15, -0.1) is 0 Å². The molecule has 0 unspecified atom stereocenters. The van der Waals surface area contributed by atoms with Gasteiger partial charge in [0.2, 0.25) is 5.95 Å². The molecular weight excluding hydrogens is 353 g/mol. The van der Waals surface area contributed by atoms with Gasteiger partial charge in [0.05, 0.1) is 22.4 Å². The van der Waals surface area contributed by atoms with Crippen LogP contribution in [0.5, 0.6) is 0 Å². The number of rotatable bonds is 1. The number of sulfonamides is 1. The van der Waals surface area contributed by atoms with Crippen molar-refractivity contribution in [1.29, 1.82) is 0 Å². The third-order valence-electron chi connectivity index (χ3n) is 4.39. The van der Waals surface area contributed by atoms with Gasteiger partial charge in [-0.3, -0.25) is 4.57 Å². The van der Waals surface area contributed by atoms with E-state index in [1.54, 1.807) is 34.9 Å². The molecule has 2 heterocycles. The molecule has 0 aliphatic carbocycles. The molecule has 0 fully saturated rings. The van der Waals surface area contributed by atoms with E-state index in [2.05, 4.69) is 4.98 Å². The zero-order valence-electron chi connectivity index (χ0n) is 13.4. The number of benzene rings is 3. The second-order valence-electron chi connectivity index (χ2n) is 5.95. The number of hydrogen-bond acceptors (Lipinski definition) is 3. The molecule has 7 heteroatoms. The molecule has 4 aromatic rings. The van der Waals surface area contributed by atoms with Crippen LogP contribution in [0.15, 0.2) is 77.7 Å². The van der Waals surface area contributed by atoms with E-state index in [1.807, 2.05) is 24.3 Å².